The van der Waals surface area contributed by atoms with Crippen molar-refractivity contribution in [3.05, 3.63) is 60.6 Å². The number of para-hydroxylation sites is 1. The SMILES string of the molecule is COC(=O)C(Cc1c[nH]c2ccccc12)NC(=O)CSc1ccncc1. The zero-order chi connectivity index (χ0) is 18.4. The number of hydrogen-bond donors (Lipinski definition) is 2. The van der Waals surface area contributed by atoms with Crippen LogP contribution in [0.1, 0.15) is 5.56 Å². The minimum atomic E-state index is -0.732. The fraction of sp³-hybridized carbons (Fsp3) is 0.211. The number of hydrogen-bond acceptors (Lipinski definition) is 5. The number of aromatic amines is 1. The van der Waals surface area contributed by atoms with Gasteiger partial charge in [-0.3, -0.25) is 9.78 Å². The van der Waals surface area contributed by atoms with Crippen molar-refractivity contribution >= 4 is 34.5 Å². The van der Waals surface area contributed by atoms with Crippen LogP contribution in [0.5, 0.6) is 0 Å². The lowest BCUT2D eigenvalue weighted by molar-refractivity contribution is -0.144. The number of thioether (sulfide) groups is 1. The highest BCUT2D eigenvalue weighted by Gasteiger charge is 2.23. The van der Waals surface area contributed by atoms with Crippen LogP contribution in [-0.4, -0.2) is 40.7 Å². The average Bonchev–Trinajstić information content (AvgIpc) is 3.09. The molecule has 0 spiro atoms. The molecule has 1 unspecified atom stereocenters. The van der Waals surface area contributed by atoms with Crippen molar-refractivity contribution < 1.29 is 14.3 Å². The third kappa shape index (κ3) is 4.43. The summed E-state index contributed by atoms with van der Waals surface area (Å²) in [5.41, 5.74) is 1.95. The normalized spacial score (nSPS) is 11.9. The molecule has 134 valence electrons. The zero-order valence-corrected chi connectivity index (χ0v) is 15.1. The molecule has 0 aliphatic heterocycles. The predicted molar refractivity (Wildman–Crippen MR) is 101 cm³/mol. The number of methoxy groups -OCH3 is 1. The highest BCUT2D eigenvalue weighted by atomic mass is 32.2. The summed E-state index contributed by atoms with van der Waals surface area (Å²) in [5, 5.41) is 3.81. The van der Waals surface area contributed by atoms with Crippen molar-refractivity contribution in [2.24, 2.45) is 0 Å². The summed E-state index contributed by atoms with van der Waals surface area (Å²) in [5.74, 6) is -0.467. The fourth-order valence-corrected chi connectivity index (χ4v) is 3.37. The van der Waals surface area contributed by atoms with Crippen LogP contribution in [0.4, 0.5) is 0 Å². The van der Waals surface area contributed by atoms with Gasteiger partial charge in [0.25, 0.3) is 0 Å². The van der Waals surface area contributed by atoms with E-state index in [1.165, 1.54) is 18.9 Å². The van der Waals surface area contributed by atoms with Gasteiger partial charge in [-0.1, -0.05) is 18.2 Å². The molecule has 1 aromatic carbocycles. The van der Waals surface area contributed by atoms with E-state index in [-0.39, 0.29) is 11.7 Å². The number of fused-ring (bicyclic) bond motifs is 1. The molecule has 3 rings (SSSR count). The minimum Gasteiger partial charge on any atom is -0.467 e. The number of carbonyl (C=O) groups excluding carboxylic acids is 2. The molecule has 0 aliphatic rings. The van der Waals surface area contributed by atoms with Crippen molar-refractivity contribution in [2.75, 3.05) is 12.9 Å². The second-order valence-electron chi connectivity index (χ2n) is 5.68. The first-order valence-corrected chi connectivity index (χ1v) is 9.11. The summed E-state index contributed by atoms with van der Waals surface area (Å²) in [6, 6.07) is 10.8. The molecular weight excluding hydrogens is 350 g/mol. The maximum absolute atomic E-state index is 12.3. The third-order valence-electron chi connectivity index (χ3n) is 3.94. The Labute approximate surface area is 155 Å². The molecule has 1 amide bonds. The second kappa shape index (κ2) is 8.53. The fourth-order valence-electron chi connectivity index (χ4n) is 2.68. The molecule has 6 nitrogen and oxygen atoms in total. The van der Waals surface area contributed by atoms with Crippen molar-refractivity contribution in [3.63, 3.8) is 0 Å². The summed E-state index contributed by atoms with van der Waals surface area (Å²) in [4.78, 5) is 32.5. The molecule has 0 aliphatic carbocycles. The van der Waals surface area contributed by atoms with E-state index in [0.29, 0.717) is 6.42 Å². The van der Waals surface area contributed by atoms with Gasteiger partial charge in [-0.05, 0) is 23.8 Å². The highest BCUT2D eigenvalue weighted by molar-refractivity contribution is 8.00. The van der Waals surface area contributed by atoms with Crippen molar-refractivity contribution in [3.8, 4) is 0 Å². The summed E-state index contributed by atoms with van der Waals surface area (Å²) in [7, 11) is 1.32. The molecular formula is C19H19N3O3S. The molecule has 0 saturated carbocycles. The number of esters is 1. The van der Waals surface area contributed by atoms with Gasteiger partial charge in [0.05, 0.1) is 12.9 Å². The van der Waals surface area contributed by atoms with E-state index in [2.05, 4.69) is 15.3 Å². The van der Waals surface area contributed by atoms with Crippen LogP contribution in [0.25, 0.3) is 10.9 Å². The zero-order valence-electron chi connectivity index (χ0n) is 14.3. The monoisotopic (exact) mass is 369 g/mol. The molecule has 2 heterocycles. The summed E-state index contributed by atoms with van der Waals surface area (Å²) in [6.07, 6.45) is 5.57. The average molecular weight is 369 g/mol. The van der Waals surface area contributed by atoms with Gasteiger partial charge in [0.1, 0.15) is 6.04 Å². The first-order chi connectivity index (χ1) is 12.7. The van der Waals surface area contributed by atoms with Crippen molar-refractivity contribution in [1.29, 1.82) is 0 Å². The lowest BCUT2D eigenvalue weighted by Gasteiger charge is -2.16. The van der Waals surface area contributed by atoms with Gasteiger partial charge in [0.15, 0.2) is 0 Å². The van der Waals surface area contributed by atoms with Crippen LogP contribution in [-0.2, 0) is 20.7 Å². The molecule has 3 aromatic rings. The van der Waals surface area contributed by atoms with Crippen LogP contribution in [0.15, 0.2) is 59.9 Å². The number of H-pyrrole nitrogens is 1. The molecule has 0 fully saturated rings. The molecule has 7 heteroatoms. The van der Waals surface area contributed by atoms with Gasteiger partial charge >= 0.3 is 5.97 Å². The maximum atomic E-state index is 12.3. The quantitative estimate of drug-likeness (QED) is 0.494. The van der Waals surface area contributed by atoms with Crippen LogP contribution in [0.3, 0.4) is 0 Å². The summed E-state index contributed by atoms with van der Waals surface area (Å²) in [6.45, 7) is 0. The van der Waals surface area contributed by atoms with E-state index < -0.39 is 12.0 Å². The number of nitrogens with one attached hydrogen (secondary N) is 2. The maximum Gasteiger partial charge on any atom is 0.328 e. The number of rotatable bonds is 7. The second-order valence-corrected chi connectivity index (χ2v) is 6.73. The topological polar surface area (TPSA) is 84.1 Å². The number of benzene rings is 1. The first-order valence-electron chi connectivity index (χ1n) is 8.12. The number of nitrogens with zero attached hydrogens (tertiary/aromatic N) is 1. The van der Waals surface area contributed by atoms with E-state index in [1.54, 1.807) is 12.4 Å². The van der Waals surface area contributed by atoms with Gasteiger partial charge in [-0.15, -0.1) is 11.8 Å². The molecule has 1 atom stereocenters. The standard InChI is InChI=1S/C19H19N3O3S/c1-25-19(24)17(10-13-11-21-16-5-3-2-4-15(13)16)22-18(23)12-26-14-6-8-20-9-7-14/h2-9,11,17,21H,10,12H2,1H3,(H,22,23). The number of aromatic nitrogens is 2. The Hall–Kier alpha value is -2.80. The van der Waals surface area contributed by atoms with Crippen LogP contribution in [0.2, 0.25) is 0 Å². The molecule has 26 heavy (non-hydrogen) atoms. The van der Waals surface area contributed by atoms with Gasteiger partial charge in [-0.25, -0.2) is 4.79 Å². The smallest absolute Gasteiger partial charge is 0.328 e. The minimum absolute atomic E-state index is 0.214. The van der Waals surface area contributed by atoms with E-state index in [4.69, 9.17) is 4.74 Å². The molecule has 2 N–H and O–H groups in total. The van der Waals surface area contributed by atoms with E-state index >= 15 is 0 Å². The number of amides is 1. The summed E-state index contributed by atoms with van der Waals surface area (Å²) >= 11 is 1.39. The van der Waals surface area contributed by atoms with Gasteiger partial charge < -0.3 is 15.0 Å². The Morgan fingerprint density at radius 1 is 1.23 bits per heavy atom. The van der Waals surface area contributed by atoms with Crippen molar-refractivity contribution in [2.45, 2.75) is 17.4 Å². The number of carbonyl (C=O) groups is 2. The predicted octanol–water partition coefficient (Wildman–Crippen LogP) is 2.56. The van der Waals surface area contributed by atoms with Crippen LogP contribution >= 0.6 is 11.8 Å². The van der Waals surface area contributed by atoms with E-state index in [0.717, 1.165) is 21.4 Å². The largest absolute Gasteiger partial charge is 0.467 e. The third-order valence-corrected chi connectivity index (χ3v) is 4.95. The van der Waals surface area contributed by atoms with E-state index in [9.17, 15) is 9.59 Å². The Bertz CT molecular complexity index is 895. The van der Waals surface area contributed by atoms with Gasteiger partial charge in [0, 0.05) is 40.8 Å². The number of pyridine rings is 1. The molecule has 2 aromatic heterocycles. The van der Waals surface area contributed by atoms with E-state index in [1.807, 2.05) is 42.6 Å². The Morgan fingerprint density at radius 2 is 2.00 bits per heavy atom. The lowest BCUT2D eigenvalue weighted by atomic mass is 10.0. The lowest BCUT2D eigenvalue weighted by Crippen LogP contribution is -2.43. The van der Waals surface area contributed by atoms with Gasteiger partial charge in [0.2, 0.25) is 5.91 Å². The van der Waals surface area contributed by atoms with Gasteiger partial charge in [-0.2, -0.15) is 0 Å². The van der Waals surface area contributed by atoms with Crippen LogP contribution in [0, 0.1) is 0 Å². The Kier molecular flexibility index (Phi) is 5.91. The molecule has 0 saturated heterocycles. The first kappa shape index (κ1) is 18.0. The Morgan fingerprint density at radius 3 is 2.77 bits per heavy atom. The Balaban J connectivity index is 1.66. The highest BCUT2D eigenvalue weighted by Crippen LogP contribution is 2.20. The molecule has 0 radical (unpaired) electrons. The molecule has 0 bridgehead atoms. The summed E-state index contributed by atoms with van der Waals surface area (Å²) < 4.78 is 4.86. The van der Waals surface area contributed by atoms with Crippen molar-refractivity contribution in [1.82, 2.24) is 15.3 Å². The van der Waals surface area contributed by atoms with Crippen LogP contribution < -0.4 is 5.32 Å². The number of ether oxygens (including phenoxy) is 1.